The van der Waals surface area contributed by atoms with Crippen LogP contribution in [0.4, 0.5) is 10.1 Å². The Morgan fingerprint density at radius 3 is 3.00 bits per heavy atom. The zero-order valence-corrected chi connectivity index (χ0v) is 12.0. The Balaban J connectivity index is 1.79. The van der Waals surface area contributed by atoms with Crippen LogP contribution in [0.25, 0.3) is 0 Å². The van der Waals surface area contributed by atoms with Gasteiger partial charge in [0.1, 0.15) is 5.82 Å². The zero-order valence-electron chi connectivity index (χ0n) is 12.0. The zero-order chi connectivity index (χ0) is 14.2. The number of halogens is 1. The van der Waals surface area contributed by atoms with Gasteiger partial charge in [-0.3, -0.25) is 0 Å². The lowest BCUT2D eigenvalue weighted by molar-refractivity contribution is 0.0964. The normalized spacial score (nSPS) is 30.2. The molecule has 2 aliphatic rings. The van der Waals surface area contributed by atoms with Crippen LogP contribution >= 0.6 is 0 Å². The molecular weight excluding hydrogens is 255 g/mol. The van der Waals surface area contributed by atoms with Crippen molar-refractivity contribution in [2.75, 3.05) is 25.0 Å². The number of aliphatic hydroxyl groups excluding tert-OH is 1. The minimum Gasteiger partial charge on any atom is -0.394 e. The van der Waals surface area contributed by atoms with Crippen molar-refractivity contribution in [2.45, 2.75) is 44.2 Å². The Bertz CT molecular complexity index is 473. The van der Waals surface area contributed by atoms with E-state index in [1.54, 1.807) is 0 Å². The van der Waals surface area contributed by atoms with Gasteiger partial charge in [0.2, 0.25) is 0 Å². The monoisotopic (exact) mass is 278 g/mol. The highest BCUT2D eigenvalue weighted by Gasteiger charge is 2.41. The number of anilines is 1. The quantitative estimate of drug-likeness (QED) is 0.892. The second-order valence-electron chi connectivity index (χ2n) is 6.37. The molecule has 110 valence electrons. The highest BCUT2D eigenvalue weighted by molar-refractivity contribution is 5.48. The first-order valence-corrected chi connectivity index (χ1v) is 7.51. The number of nitrogens with one attached hydrogen (secondary N) is 1. The van der Waals surface area contributed by atoms with Crippen molar-refractivity contribution in [1.29, 1.82) is 0 Å². The van der Waals surface area contributed by atoms with Crippen LogP contribution in [0.15, 0.2) is 18.2 Å². The maximum atomic E-state index is 13.5. The number of aryl methyl sites for hydroxylation is 1. The molecule has 1 aromatic rings. The summed E-state index contributed by atoms with van der Waals surface area (Å²) in [5, 5.41) is 13.3. The number of hydrogen-bond acceptors (Lipinski definition) is 3. The van der Waals surface area contributed by atoms with E-state index in [1.165, 1.54) is 31.5 Å². The lowest BCUT2D eigenvalue weighted by Gasteiger charge is -2.44. The Hall–Kier alpha value is -1.13. The first-order chi connectivity index (χ1) is 9.60. The molecule has 2 atom stereocenters. The van der Waals surface area contributed by atoms with E-state index in [2.05, 4.69) is 10.2 Å². The standard InChI is InChI=1S/C16H23FN2O/c1-12-7-13(17)9-14(8-12)18-16(11-20)4-6-19-5-2-3-15(19)10-16/h7-9,15,18,20H,2-6,10-11H2,1H3. The van der Waals surface area contributed by atoms with Crippen molar-refractivity contribution in [3.05, 3.63) is 29.6 Å². The number of rotatable bonds is 3. The summed E-state index contributed by atoms with van der Waals surface area (Å²) in [6, 6.07) is 5.56. The topological polar surface area (TPSA) is 35.5 Å². The van der Waals surface area contributed by atoms with E-state index in [-0.39, 0.29) is 18.0 Å². The van der Waals surface area contributed by atoms with Crippen molar-refractivity contribution >= 4 is 5.69 Å². The van der Waals surface area contributed by atoms with Gasteiger partial charge in [0.05, 0.1) is 12.1 Å². The van der Waals surface area contributed by atoms with Crippen LogP contribution in [0, 0.1) is 12.7 Å². The molecule has 0 amide bonds. The number of aliphatic hydroxyl groups is 1. The smallest absolute Gasteiger partial charge is 0.125 e. The summed E-state index contributed by atoms with van der Waals surface area (Å²) < 4.78 is 13.5. The summed E-state index contributed by atoms with van der Waals surface area (Å²) >= 11 is 0. The summed E-state index contributed by atoms with van der Waals surface area (Å²) in [5.74, 6) is -0.223. The van der Waals surface area contributed by atoms with Gasteiger partial charge in [0, 0.05) is 18.3 Å². The van der Waals surface area contributed by atoms with Crippen molar-refractivity contribution in [3.63, 3.8) is 0 Å². The number of nitrogens with zero attached hydrogens (tertiary/aromatic N) is 1. The maximum absolute atomic E-state index is 13.5. The minimum absolute atomic E-state index is 0.104. The lowest BCUT2D eigenvalue weighted by atomic mass is 9.83. The van der Waals surface area contributed by atoms with E-state index >= 15 is 0 Å². The van der Waals surface area contributed by atoms with Gasteiger partial charge >= 0.3 is 0 Å². The largest absolute Gasteiger partial charge is 0.394 e. The number of hydrogen-bond donors (Lipinski definition) is 2. The molecule has 0 aromatic heterocycles. The summed E-state index contributed by atoms with van der Waals surface area (Å²) in [7, 11) is 0. The Morgan fingerprint density at radius 2 is 2.25 bits per heavy atom. The second kappa shape index (κ2) is 5.34. The van der Waals surface area contributed by atoms with E-state index in [1.807, 2.05) is 13.0 Å². The van der Waals surface area contributed by atoms with Crippen molar-refractivity contribution < 1.29 is 9.50 Å². The van der Waals surface area contributed by atoms with Gasteiger partial charge in [-0.2, -0.15) is 0 Å². The van der Waals surface area contributed by atoms with E-state index in [9.17, 15) is 9.50 Å². The lowest BCUT2D eigenvalue weighted by Crippen LogP contribution is -2.54. The summed E-state index contributed by atoms with van der Waals surface area (Å²) in [5.41, 5.74) is 1.38. The molecule has 0 saturated carbocycles. The molecule has 0 radical (unpaired) electrons. The first-order valence-electron chi connectivity index (χ1n) is 7.51. The van der Waals surface area contributed by atoms with Crippen LogP contribution in [0.1, 0.15) is 31.2 Å². The van der Waals surface area contributed by atoms with Crippen LogP contribution < -0.4 is 5.32 Å². The number of piperidine rings is 1. The predicted molar refractivity (Wildman–Crippen MR) is 78.4 cm³/mol. The highest BCUT2D eigenvalue weighted by Crippen LogP contribution is 2.35. The van der Waals surface area contributed by atoms with Gasteiger partial charge < -0.3 is 15.3 Å². The molecule has 0 spiro atoms. The SMILES string of the molecule is Cc1cc(F)cc(NC2(CO)CCN3CCCC3C2)c1. The molecular formula is C16H23FN2O. The van der Waals surface area contributed by atoms with E-state index < -0.39 is 0 Å². The van der Waals surface area contributed by atoms with Gasteiger partial charge in [0.25, 0.3) is 0 Å². The molecule has 4 heteroatoms. The summed E-state index contributed by atoms with van der Waals surface area (Å²) in [4.78, 5) is 2.52. The molecule has 0 bridgehead atoms. The van der Waals surface area contributed by atoms with Gasteiger partial charge in [-0.1, -0.05) is 0 Å². The molecule has 2 heterocycles. The van der Waals surface area contributed by atoms with Crippen LogP contribution in [0.3, 0.4) is 0 Å². The molecule has 20 heavy (non-hydrogen) atoms. The highest BCUT2D eigenvalue weighted by atomic mass is 19.1. The van der Waals surface area contributed by atoms with E-state index in [0.717, 1.165) is 30.6 Å². The Labute approximate surface area is 119 Å². The number of fused-ring (bicyclic) bond motifs is 1. The van der Waals surface area contributed by atoms with Gasteiger partial charge in [-0.25, -0.2) is 4.39 Å². The van der Waals surface area contributed by atoms with Crippen molar-refractivity contribution in [2.24, 2.45) is 0 Å². The second-order valence-corrected chi connectivity index (χ2v) is 6.37. The van der Waals surface area contributed by atoms with Gasteiger partial charge in [0.15, 0.2) is 0 Å². The minimum atomic E-state index is -0.300. The van der Waals surface area contributed by atoms with Crippen LogP contribution in [-0.2, 0) is 0 Å². The summed E-state index contributed by atoms with van der Waals surface area (Å²) in [6.07, 6.45) is 4.32. The van der Waals surface area contributed by atoms with Crippen molar-refractivity contribution in [3.8, 4) is 0 Å². The third-order valence-corrected chi connectivity index (χ3v) is 4.76. The molecule has 3 nitrogen and oxygen atoms in total. The van der Waals surface area contributed by atoms with Crippen LogP contribution in [-0.4, -0.2) is 41.3 Å². The molecule has 2 saturated heterocycles. The molecule has 2 N–H and O–H groups in total. The van der Waals surface area contributed by atoms with Crippen molar-refractivity contribution in [1.82, 2.24) is 4.90 Å². The van der Waals surface area contributed by atoms with Gasteiger partial charge in [-0.15, -0.1) is 0 Å². The van der Waals surface area contributed by atoms with Gasteiger partial charge in [-0.05, 0) is 62.9 Å². The molecule has 2 unspecified atom stereocenters. The fraction of sp³-hybridized carbons (Fsp3) is 0.625. The molecule has 1 aromatic carbocycles. The molecule has 0 aliphatic carbocycles. The predicted octanol–water partition coefficient (Wildman–Crippen LogP) is 2.54. The molecule has 2 fully saturated rings. The van der Waals surface area contributed by atoms with E-state index in [0.29, 0.717) is 6.04 Å². The Kier molecular flexibility index (Phi) is 3.69. The van der Waals surface area contributed by atoms with Crippen LogP contribution in [0.2, 0.25) is 0 Å². The maximum Gasteiger partial charge on any atom is 0.125 e. The third-order valence-electron chi connectivity index (χ3n) is 4.76. The average molecular weight is 278 g/mol. The fourth-order valence-electron chi connectivity index (χ4n) is 3.74. The molecule has 2 aliphatic heterocycles. The number of benzene rings is 1. The average Bonchev–Trinajstić information content (AvgIpc) is 2.84. The molecule has 3 rings (SSSR count). The first kappa shape index (κ1) is 13.8. The fourth-order valence-corrected chi connectivity index (χ4v) is 3.74. The Morgan fingerprint density at radius 1 is 1.40 bits per heavy atom. The van der Waals surface area contributed by atoms with Crippen LogP contribution in [0.5, 0.6) is 0 Å². The summed E-state index contributed by atoms with van der Waals surface area (Å²) in [6.45, 7) is 4.20. The van der Waals surface area contributed by atoms with E-state index in [4.69, 9.17) is 0 Å². The third kappa shape index (κ3) is 2.67.